The van der Waals surface area contributed by atoms with Crippen LogP contribution in [0.1, 0.15) is 17.8 Å². The number of hydrogen-bond donors (Lipinski definition) is 1. The van der Waals surface area contributed by atoms with Crippen molar-refractivity contribution in [2.75, 3.05) is 7.05 Å². The molecule has 66 valence electrons. The van der Waals surface area contributed by atoms with E-state index in [1.165, 1.54) is 8.66 Å². The zero-order chi connectivity index (χ0) is 9.14. The van der Waals surface area contributed by atoms with Crippen LogP contribution in [0.25, 0.3) is 0 Å². The van der Waals surface area contributed by atoms with E-state index in [9.17, 15) is 0 Å². The molecule has 1 heterocycles. The fourth-order valence-electron chi connectivity index (χ4n) is 1.11. The Morgan fingerprint density at radius 1 is 1.67 bits per heavy atom. The van der Waals surface area contributed by atoms with Gasteiger partial charge in [-0.15, -0.1) is 11.3 Å². The van der Waals surface area contributed by atoms with Gasteiger partial charge in [0.1, 0.15) is 0 Å². The third kappa shape index (κ3) is 2.19. The van der Waals surface area contributed by atoms with Crippen molar-refractivity contribution in [1.82, 2.24) is 5.32 Å². The predicted molar refractivity (Wildman–Crippen MR) is 58.6 cm³/mol. The fraction of sp³-hybridized carbons (Fsp3) is 0.333. The maximum Gasteiger partial charge on any atom is 0.0702 e. The lowest BCUT2D eigenvalue weighted by Crippen LogP contribution is -2.15. The minimum absolute atomic E-state index is 0.293. The van der Waals surface area contributed by atoms with Crippen LogP contribution >= 0.6 is 27.3 Å². The highest BCUT2D eigenvalue weighted by atomic mass is 79.9. The van der Waals surface area contributed by atoms with E-state index in [1.807, 2.05) is 14.0 Å². The monoisotopic (exact) mass is 245 g/mol. The number of hydrogen-bond acceptors (Lipinski definition) is 2. The second kappa shape index (κ2) is 4.21. The number of thiophene rings is 1. The summed E-state index contributed by atoms with van der Waals surface area (Å²) in [5, 5.41) is 3.22. The molecular weight excluding hydrogens is 234 g/mol. The summed E-state index contributed by atoms with van der Waals surface area (Å²) in [7, 11) is 1.95. The molecule has 0 aliphatic carbocycles. The van der Waals surface area contributed by atoms with E-state index >= 15 is 0 Å². The van der Waals surface area contributed by atoms with Gasteiger partial charge >= 0.3 is 0 Å². The Bertz CT molecular complexity index is 280. The van der Waals surface area contributed by atoms with Gasteiger partial charge in [0.15, 0.2) is 0 Å². The molecule has 1 N–H and O–H groups in total. The zero-order valence-electron chi connectivity index (χ0n) is 7.23. The van der Waals surface area contributed by atoms with Gasteiger partial charge < -0.3 is 5.32 Å². The highest BCUT2D eigenvalue weighted by Gasteiger charge is 2.11. The lowest BCUT2D eigenvalue weighted by atomic mass is 10.1. The van der Waals surface area contributed by atoms with Crippen LogP contribution in [0.2, 0.25) is 0 Å². The number of likely N-dealkylation sites (N-methyl/N-ethyl adjacent to an activating group) is 1. The SMILES string of the molecule is C=C(C)C(NC)c1ccc(Br)s1. The minimum Gasteiger partial charge on any atom is -0.309 e. The Kier molecular flexibility index (Phi) is 3.50. The summed E-state index contributed by atoms with van der Waals surface area (Å²) in [6.45, 7) is 5.98. The first-order valence-electron chi connectivity index (χ1n) is 3.73. The van der Waals surface area contributed by atoms with Crippen LogP contribution in [-0.2, 0) is 0 Å². The van der Waals surface area contributed by atoms with E-state index < -0.39 is 0 Å². The topological polar surface area (TPSA) is 12.0 Å². The smallest absolute Gasteiger partial charge is 0.0702 e. The second-order valence-corrected chi connectivity index (χ2v) is 5.20. The molecule has 0 aromatic carbocycles. The van der Waals surface area contributed by atoms with E-state index in [-0.39, 0.29) is 0 Å². The van der Waals surface area contributed by atoms with Crippen molar-refractivity contribution in [3.05, 3.63) is 32.9 Å². The van der Waals surface area contributed by atoms with E-state index in [1.54, 1.807) is 11.3 Å². The van der Waals surface area contributed by atoms with Gasteiger partial charge in [-0.25, -0.2) is 0 Å². The number of halogens is 1. The molecule has 3 heteroatoms. The Hall–Kier alpha value is -0.120. The first-order chi connectivity index (χ1) is 5.65. The highest BCUT2D eigenvalue weighted by Crippen LogP contribution is 2.30. The lowest BCUT2D eigenvalue weighted by molar-refractivity contribution is 0.691. The summed E-state index contributed by atoms with van der Waals surface area (Å²) < 4.78 is 1.17. The zero-order valence-corrected chi connectivity index (χ0v) is 9.63. The van der Waals surface area contributed by atoms with Crippen molar-refractivity contribution in [2.24, 2.45) is 0 Å². The third-order valence-electron chi connectivity index (χ3n) is 1.66. The van der Waals surface area contributed by atoms with Crippen molar-refractivity contribution in [1.29, 1.82) is 0 Å². The van der Waals surface area contributed by atoms with Crippen LogP contribution in [0, 0.1) is 0 Å². The van der Waals surface area contributed by atoms with Gasteiger partial charge in [-0.2, -0.15) is 0 Å². The van der Waals surface area contributed by atoms with Gasteiger partial charge in [0.05, 0.1) is 9.83 Å². The van der Waals surface area contributed by atoms with Gasteiger partial charge in [0, 0.05) is 4.88 Å². The molecule has 1 rings (SSSR count). The van der Waals surface area contributed by atoms with Crippen molar-refractivity contribution >= 4 is 27.3 Å². The molecule has 12 heavy (non-hydrogen) atoms. The van der Waals surface area contributed by atoms with Crippen LogP contribution in [0.5, 0.6) is 0 Å². The molecule has 1 unspecified atom stereocenters. The Morgan fingerprint density at radius 2 is 2.33 bits per heavy atom. The molecule has 0 aliphatic rings. The van der Waals surface area contributed by atoms with Crippen LogP contribution in [0.4, 0.5) is 0 Å². The van der Waals surface area contributed by atoms with Gasteiger partial charge in [-0.3, -0.25) is 0 Å². The van der Waals surface area contributed by atoms with Crippen molar-refractivity contribution in [3.8, 4) is 0 Å². The van der Waals surface area contributed by atoms with Crippen molar-refractivity contribution in [3.63, 3.8) is 0 Å². The van der Waals surface area contributed by atoms with Gasteiger partial charge in [-0.1, -0.05) is 12.2 Å². The Balaban J connectivity index is 2.87. The normalized spacial score (nSPS) is 12.9. The van der Waals surface area contributed by atoms with Gasteiger partial charge in [0.2, 0.25) is 0 Å². The standard InChI is InChI=1S/C9H12BrNS/c1-6(2)9(11-3)7-4-5-8(10)12-7/h4-5,9,11H,1H2,2-3H3. The summed E-state index contributed by atoms with van der Waals surface area (Å²) in [4.78, 5) is 1.30. The third-order valence-corrected chi connectivity index (χ3v) is 3.35. The highest BCUT2D eigenvalue weighted by molar-refractivity contribution is 9.11. The summed E-state index contributed by atoms with van der Waals surface area (Å²) >= 11 is 5.18. The molecule has 1 nitrogen and oxygen atoms in total. The molecular formula is C9H12BrNS. The summed E-state index contributed by atoms with van der Waals surface area (Å²) in [5.74, 6) is 0. The summed E-state index contributed by atoms with van der Waals surface area (Å²) in [6, 6.07) is 4.47. The maximum atomic E-state index is 3.94. The number of rotatable bonds is 3. The van der Waals surface area contributed by atoms with Gasteiger partial charge in [-0.05, 0) is 42.0 Å². The van der Waals surface area contributed by atoms with E-state index in [0.29, 0.717) is 6.04 Å². The molecule has 1 aromatic heterocycles. The molecule has 1 aromatic rings. The average Bonchev–Trinajstić information content (AvgIpc) is 2.37. The van der Waals surface area contributed by atoms with Gasteiger partial charge in [0.25, 0.3) is 0 Å². The molecule has 1 atom stereocenters. The molecule has 0 radical (unpaired) electrons. The summed E-state index contributed by atoms with van der Waals surface area (Å²) in [5.41, 5.74) is 1.15. The quantitative estimate of drug-likeness (QED) is 0.806. The molecule has 0 fully saturated rings. The predicted octanol–water partition coefficient (Wildman–Crippen LogP) is 3.35. The molecule has 0 aliphatic heterocycles. The van der Waals surface area contributed by atoms with E-state index in [0.717, 1.165) is 5.57 Å². The molecule has 0 saturated carbocycles. The fourth-order valence-corrected chi connectivity index (χ4v) is 2.74. The second-order valence-electron chi connectivity index (χ2n) is 2.71. The Morgan fingerprint density at radius 3 is 2.67 bits per heavy atom. The molecule has 0 amide bonds. The molecule has 0 spiro atoms. The van der Waals surface area contributed by atoms with Crippen LogP contribution in [0.3, 0.4) is 0 Å². The van der Waals surface area contributed by atoms with Crippen LogP contribution < -0.4 is 5.32 Å². The van der Waals surface area contributed by atoms with Crippen molar-refractivity contribution < 1.29 is 0 Å². The van der Waals surface area contributed by atoms with E-state index in [4.69, 9.17) is 0 Å². The largest absolute Gasteiger partial charge is 0.309 e. The minimum atomic E-state index is 0.293. The maximum absolute atomic E-state index is 3.94. The summed E-state index contributed by atoms with van der Waals surface area (Å²) in [6.07, 6.45) is 0. The average molecular weight is 246 g/mol. The molecule has 0 saturated heterocycles. The van der Waals surface area contributed by atoms with Crippen molar-refractivity contribution in [2.45, 2.75) is 13.0 Å². The lowest BCUT2D eigenvalue weighted by Gasteiger charge is -2.13. The van der Waals surface area contributed by atoms with Crippen LogP contribution in [0.15, 0.2) is 28.1 Å². The first-order valence-corrected chi connectivity index (χ1v) is 5.34. The first kappa shape index (κ1) is 9.96. The van der Waals surface area contributed by atoms with Crippen LogP contribution in [-0.4, -0.2) is 7.05 Å². The number of nitrogens with one attached hydrogen (secondary N) is 1. The van der Waals surface area contributed by atoms with E-state index in [2.05, 4.69) is 40.0 Å². The Labute approximate surface area is 85.6 Å². The molecule has 0 bridgehead atoms.